The summed E-state index contributed by atoms with van der Waals surface area (Å²) in [6, 6.07) is 33.5. The Labute approximate surface area is 212 Å². The molecule has 0 atom stereocenters. The summed E-state index contributed by atoms with van der Waals surface area (Å²) in [6.07, 6.45) is 0. The van der Waals surface area contributed by atoms with Crippen LogP contribution in [0.2, 0.25) is 24.1 Å². The van der Waals surface area contributed by atoms with E-state index in [0.717, 1.165) is 24.1 Å². The van der Waals surface area contributed by atoms with Crippen LogP contribution in [0.4, 0.5) is 0 Å². The van der Waals surface area contributed by atoms with Crippen LogP contribution >= 0.6 is 46.4 Å². The number of hydrogen-bond acceptors (Lipinski definition) is 0. The van der Waals surface area contributed by atoms with Crippen LogP contribution in [0.5, 0.6) is 0 Å². The molecule has 0 N–H and O–H groups in total. The van der Waals surface area contributed by atoms with Gasteiger partial charge in [-0.3, -0.25) is 0 Å². The molecule has 4 rings (SSSR count). The molecule has 0 aliphatic rings. The van der Waals surface area contributed by atoms with Crippen LogP contribution in [0.3, 0.4) is 0 Å². The van der Waals surface area contributed by atoms with Gasteiger partial charge in [0.05, 0.1) is 0 Å². The molecule has 0 radical (unpaired) electrons. The fraction of sp³-hybridized carbons (Fsp3) is 0.0400. The van der Waals surface area contributed by atoms with Crippen LogP contribution in [0.1, 0.15) is 0 Å². The summed E-state index contributed by atoms with van der Waals surface area (Å²) in [5, 5.41) is 3.05. The summed E-state index contributed by atoms with van der Waals surface area (Å²) in [7, 11) is 0. The molecule has 0 unspecified atom stereocenters. The van der Waals surface area contributed by atoms with Gasteiger partial charge >= 0.3 is 214 Å². The second-order valence-electron chi connectivity index (χ2n) is 6.90. The molecule has 31 heavy (non-hydrogen) atoms. The molecule has 0 aromatic heterocycles. The first-order valence-electron chi connectivity index (χ1n) is 9.57. The van der Waals surface area contributed by atoms with Gasteiger partial charge in [0.15, 0.2) is 0 Å². The van der Waals surface area contributed by atoms with E-state index in [1.165, 1.54) is 17.4 Å². The average molecular weight is 610 g/mol. The van der Waals surface area contributed by atoms with Crippen LogP contribution in [-0.2, 0) is 0 Å². The number of benzene rings is 4. The fourth-order valence-electron chi connectivity index (χ4n) is 3.25. The SMILES string of the molecule is Clc1ccc([As](C[As](c2ccc(Cl)cc2)c2ccc(Cl)cc2)c2ccc(Cl)cc2)cc1. The quantitative estimate of drug-likeness (QED) is 0.244. The standard InChI is InChI=1S/C25H18As2Cl4/c28-22-9-1-18(2-10-22)26(19-3-11-23(29)12-4-19)17-27(20-5-13-24(30)14-6-20)21-7-15-25(31)16-8-21/h1-16H,17H2. The van der Waals surface area contributed by atoms with Crippen molar-refractivity contribution in [3.63, 3.8) is 0 Å². The first-order valence-corrected chi connectivity index (χ1v) is 17.5. The van der Waals surface area contributed by atoms with Crippen LogP contribution in [0.15, 0.2) is 97.1 Å². The van der Waals surface area contributed by atoms with E-state index < -0.39 is 29.3 Å². The van der Waals surface area contributed by atoms with Crippen LogP contribution in [0.25, 0.3) is 0 Å². The van der Waals surface area contributed by atoms with Gasteiger partial charge in [-0.1, -0.05) is 0 Å². The van der Waals surface area contributed by atoms with Crippen LogP contribution in [0, 0.1) is 0 Å². The predicted octanol–water partition coefficient (Wildman–Crippen LogP) is 5.76. The molecular weight excluding hydrogens is 592 g/mol. The van der Waals surface area contributed by atoms with Gasteiger partial charge in [-0.2, -0.15) is 0 Å². The van der Waals surface area contributed by atoms with E-state index >= 15 is 0 Å². The molecule has 0 amide bonds. The second kappa shape index (κ2) is 10.9. The first-order chi connectivity index (χ1) is 15.0. The maximum atomic E-state index is 6.19. The molecule has 0 saturated carbocycles. The Kier molecular flexibility index (Phi) is 8.16. The van der Waals surface area contributed by atoms with Gasteiger partial charge in [-0.25, -0.2) is 0 Å². The molecule has 0 bridgehead atoms. The van der Waals surface area contributed by atoms with Crippen molar-refractivity contribution >= 4 is 93.1 Å². The second-order valence-corrected chi connectivity index (χ2v) is 20.3. The van der Waals surface area contributed by atoms with E-state index in [1.54, 1.807) is 0 Å². The van der Waals surface area contributed by atoms with Gasteiger partial charge in [0.1, 0.15) is 0 Å². The average Bonchev–Trinajstić information content (AvgIpc) is 2.78. The van der Waals surface area contributed by atoms with Crippen molar-refractivity contribution in [2.45, 2.75) is 4.00 Å². The zero-order chi connectivity index (χ0) is 21.8. The maximum absolute atomic E-state index is 6.19. The third-order valence-electron chi connectivity index (χ3n) is 4.84. The molecular formula is C25H18As2Cl4. The molecule has 0 saturated heterocycles. The van der Waals surface area contributed by atoms with Crippen LogP contribution < -0.4 is 17.4 Å². The molecule has 0 aliphatic heterocycles. The minimum atomic E-state index is -1.62. The Morgan fingerprint density at radius 1 is 0.355 bits per heavy atom. The molecule has 156 valence electrons. The Hall–Kier alpha value is -0.843. The fourth-order valence-corrected chi connectivity index (χ4v) is 21.4. The Balaban J connectivity index is 1.79. The Bertz CT molecular complexity index is 942. The number of hydrogen-bond donors (Lipinski definition) is 0. The normalized spacial score (nSPS) is 11.3. The molecule has 0 spiro atoms. The zero-order valence-electron chi connectivity index (χ0n) is 16.4. The molecule has 0 fully saturated rings. The van der Waals surface area contributed by atoms with Crippen molar-refractivity contribution < 1.29 is 0 Å². The van der Waals surface area contributed by atoms with Gasteiger partial charge in [0.2, 0.25) is 0 Å². The van der Waals surface area contributed by atoms with Crippen LogP contribution in [-0.4, -0.2) is 29.3 Å². The van der Waals surface area contributed by atoms with Crippen molar-refractivity contribution in [1.82, 2.24) is 0 Å². The molecule has 4 aromatic carbocycles. The van der Waals surface area contributed by atoms with Gasteiger partial charge in [0, 0.05) is 0 Å². The van der Waals surface area contributed by atoms with E-state index in [0.29, 0.717) is 0 Å². The summed E-state index contributed by atoms with van der Waals surface area (Å²) in [5.41, 5.74) is 0. The molecule has 4 aromatic rings. The van der Waals surface area contributed by atoms with Gasteiger partial charge < -0.3 is 0 Å². The topological polar surface area (TPSA) is 0 Å². The van der Waals surface area contributed by atoms with Gasteiger partial charge in [-0.05, 0) is 0 Å². The first kappa shape index (κ1) is 23.3. The Morgan fingerprint density at radius 2 is 0.548 bits per heavy atom. The summed E-state index contributed by atoms with van der Waals surface area (Å²) < 4.78 is 6.72. The third kappa shape index (κ3) is 6.14. The summed E-state index contributed by atoms with van der Waals surface area (Å²) in [5.74, 6) is 0. The summed E-state index contributed by atoms with van der Waals surface area (Å²) in [6.45, 7) is 0. The van der Waals surface area contributed by atoms with Crippen molar-refractivity contribution in [3.8, 4) is 0 Å². The monoisotopic (exact) mass is 608 g/mol. The van der Waals surface area contributed by atoms with Crippen molar-refractivity contribution in [3.05, 3.63) is 117 Å². The summed E-state index contributed by atoms with van der Waals surface area (Å²) >= 11 is 21.5. The van der Waals surface area contributed by atoms with Crippen molar-refractivity contribution in [1.29, 1.82) is 0 Å². The predicted molar refractivity (Wildman–Crippen MR) is 141 cm³/mol. The molecule has 0 aliphatic carbocycles. The minimum absolute atomic E-state index is 0.763. The van der Waals surface area contributed by atoms with Crippen molar-refractivity contribution in [2.24, 2.45) is 0 Å². The van der Waals surface area contributed by atoms with E-state index in [9.17, 15) is 0 Å². The third-order valence-corrected chi connectivity index (χ3v) is 20.9. The van der Waals surface area contributed by atoms with Crippen molar-refractivity contribution in [2.75, 3.05) is 0 Å². The zero-order valence-corrected chi connectivity index (χ0v) is 23.1. The number of rotatable bonds is 6. The molecule has 0 nitrogen and oxygen atoms in total. The van der Waals surface area contributed by atoms with Gasteiger partial charge in [0.25, 0.3) is 0 Å². The molecule has 6 heteroatoms. The van der Waals surface area contributed by atoms with E-state index in [1.807, 2.05) is 48.5 Å². The number of halogens is 4. The van der Waals surface area contributed by atoms with E-state index in [4.69, 9.17) is 46.4 Å². The van der Waals surface area contributed by atoms with E-state index in [-0.39, 0.29) is 0 Å². The van der Waals surface area contributed by atoms with Gasteiger partial charge in [-0.15, -0.1) is 0 Å². The molecule has 0 heterocycles. The summed E-state index contributed by atoms with van der Waals surface area (Å²) in [4.78, 5) is 0. The van der Waals surface area contributed by atoms with E-state index in [2.05, 4.69) is 48.5 Å². The Morgan fingerprint density at radius 3 is 0.742 bits per heavy atom.